The van der Waals surface area contributed by atoms with Crippen molar-refractivity contribution in [2.75, 3.05) is 19.7 Å². The molecule has 0 aliphatic carbocycles. The first-order valence-electron chi connectivity index (χ1n) is 7.16. The Morgan fingerprint density at radius 2 is 2.00 bits per heavy atom. The lowest BCUT2D eigenvalue weighted by Gasteiger charge is -2.19. The first-order chi connectivity index (χ1) is 11.1. The third-order valence-corrected chi connectivity index (χ3v) is 6.18. The Morgan fingerprint density at radius 3 is 2.58 bits per heavy atom. The number of ether oxygens (including phenoxy) is 1. The number of fused-ring (bicyclic) bond motifs is 1. The summed E-state index contributed by atoms with van der Waals surface area (Å²) in [5.74, 6) is -5.58. The SMILES string of the molecule is O=C(O)[C@@H]1CN(S(=O)(=O)c2cccc3c2OCC3)C[C@H]1C(F)(F)F. The second kappa shape index (κ2) is 5.62. The van der Waals surface area contributed by atoms with Gasteiger partial charge in [0.1, 0.15) is 10.6 Å². The highest BCUT2D eigenvalue weighted by molar-refractivity contribution is 7.89. The van der Waals surface area contributed by atoms with Gasteiger partial charge in [-0.05, 0) is 11.6 Å². The average Bonchev–Trinajstić information content (AvgIpc) is 3.13. The molecular weight excluding hydrogens is 351 g/mol. The molecule has 0 bridgehead atoms. The van der Waals surface area contributed by atoms with Gasteiger partial charge in [0.05, 0.1) is 18.4 Å². The van der Waals surface area contributed by atoms with Gasteiger partial charge in [-0.25, -0.2) is 8.42 Å². The van der Waals surface area contributed by atoms with E-state index in [0.29, 0.717) is 22.9 Å². The molecule has 2 aliphatic rings. The zero-order valence-electron chi connectivity index (χ0n) is 12.3. The normalized spacial score (nSPS) is 24.6. The molecule has 0 amide bonds. The van der Waals surface area contributed by atoms with Crippen LogP contribution in [0.1, 0.15) is 5.56 Å². The van der Waals surface area contributed by atoms with E-state index in [4.69, 9.17) is 9.84 Å². The smallest absolute Gasteiger partial charge is 0.393 e. The van der Waals surface area contributed by atoms with Crippen molar-refractivity contribution in [3.05, 3.63) is 23.8 Å². The number of aliphatic carboxylic acids is 1. The molecule has 2 atom stereocenters. The van der Waals surface area contributed by atoms with Crippen LogP contribution in [-0.4, -0.2) is 49.7 Å². The molecule has 132 valence electrons. The Balaban J connectivity index is 1.97. The zero-order valence-corrected chi connectivity index (χ0v) is 13.1. The van der Waals surface area contributed by atoms with E-state index in [1.807, 2.05) is 0 Å². The summed E-state index contributed by atoms with van der Waals surface area (Å²) in [4.78, 5) is 10.9. The van der Waals surface area contributed by atoms with Crippen molar-refractivity contribution in [1.29, 1.82) is 0 Å². The lowest BCUT2D eigenvalue weighted by Crippen LogP contribution is -2.34. The Labute approximate surface area is 135 Å². The molecule has 1 saturated heterocycles. The van der Waals surface area contributed by atoms with Crippen LogP contribution in [0.4, 0.5) is 13.2 Å². The first kappa shape index (κ1) is 17.0. The van der Waals surface area contributed by atoms with Crippen LogP contribution in [0.5, 0.6) is 5.75 Å². The molecule has 0 radical (unpaired) electrons. The number of carbonyl (C=O) groups is 1. The maximum absolute atomic E-state index is 13.0. The monoisotopic (exact) mass is 365 g/mol. The lowest BCUT2D eigenvalue weighted by atomic mass is 9.96. The minimum absolute atomic E-state index is 0.139. The molecule has 2 heterocycles. The van der Waals surface area contributed by atoms with E-state index in [-0.39, 0.29) is 10.6 Å². The molecule has 2 aliphatic heterocycles. The molecule has 1 aromatic carbocycles. The molecular formula is C14H14F3NO5S. The summed E-state index contributed by atoms with van der Waals surface area (Å²) in [6, 6.07) is 4.44. The second-order valence-corrected chi connectivity index (χ2v) is 7.66. The summed E-state index contributed by atoms with van der Waals surface area (Å²) in [5, 5.41) is 9.01. The van der Waals surface area contributed by atoms with Crippen LogP contribution in [-0.2, 0) is 21.2 Å². The van der Waals surface area contributed by atoms with Crippen LogP contribution < -0.4 is 4.74 Å². The van der Waals surface area contributed by atoms with Gasteiger partial charge in [-0.1, -0.05) is 12.1 Å². The van der Waals surface area contributed by atoms with Gasteiger partial charge >= 0.3 is 12.1 Å². The van der Waals surface area contributed by atoms with Crippen LogP contribution in [0.15, 0.2) is 23.1 Å². The van der Waals surface area contributed by atoms with Gasteiger partial charge in [0.25, 0.3) is 0 Å². The van der Waals surface area contributed by atoms with E-state index in [9.17, 15) is 26.4 Å². The van der Waals surface area contributed by atoms with Crippen LogP contribution in [0.25, 0.3) is 0 Å². The number of para-hydroxylation sites is 1. The minimum atomic E-state index is -4.79. The standard InChI is InChI=1S/C14H14F3NO5S/c15-14(16,17)10-7-18(6-9(10)13(19)20)24(21,22)11-3-1-2-8-4-5-23-12(8)11/h1-3,9-10H,4-7H2,(H,19,20)/t9-,10-/m1/s1. The van der Waals surface area contributed by atoms with Crippen LogP contribution in [0.2, 0.25) is 0 Å². The number of carboxylic acid groups (broad SMARTS) is 1. The number of alkyl halides is 3. The largest absolute Gasteiger partial charge is 0.492 e. The highest BCUT2D eigenvalue weighted by Gasteiger charge is 2.55. The fourth-order valence-electron chi connectivity index (χ4n) is 3.07. The summed E-state index contributed by atoms with van der Waals surface area (Å²) in [6.07, 6.45) is -4.27. The molecule has 1 N–H and O–H groups in total. The second-order valence-electron chi connectivity index (χ2n) is 5.76. The Kier molecular flexibility index (Phi) is 3.99. The Morgan fingerprint density at radius 1 is 1.29 bits per heavy atom. The Bertz CT molecular complexity index is 777. The van der Waals surface area contributed by atoms with E-state index < -0.39 is 47.1 Å². The van der Waals surface area contributed by atoms with E-state index in [0.717, 1.165) is 0 Å². The van der Waals surface area contributed by atoms with Crippen molar-refractivity contribution in [1.82, 2.24) is 4.31 Å². The van der Waals surface area contributed by atoms with E-state index in [1.54, 1.807) is 6.07 Å². The van der Waals surface area contributed by atoms with Crippen molar-refractivity contribution < 1.29 is 36.2 Å². The molecule has 3 rings (SSSR count). The maximum atomic E-state index is 13.0. The topological polar surface area (TPSA) is 83.9 Å². The molecule has 24 heavy (non-hydrogen) atoms. The van der Waals surface area contributed by atoms with Gasteiger partial charge in [0, 0.05) is 19.5 Å². The number of rotatable bonds is 3. The van der Waals surface area contributed by atoms with Crippen LogP contribution in [0.3, 0.4) is 0 Å². The Hall–Kier alpha value is -1.81. The van der Waals surface area contributed by atoms with Crippen molar-refractivity contribution in [2.45, 2.75) is 17.5 Å². The molecule has 1 aromatic rings. The third-order valence-electron chi connectivity index (χ3n) is 4.32. The summed E-state index contributed by atoms with van der Waals surface area (Å²) < 4.78 is 70.5. The van der Waals surface area contributed by atoms with Crippen molar-refractivity contribution in [3.63, 3.8) is 0 Å². The minimum Gasteiger partial charge on any atom is -0.492 e. The number of hydrogen-bond donors (Lipinski definition) is 1. The summed E-state index contributed by atoms with van der Waals surface area (Å²) in [7, 11) is -4.28. The fraction of sp³-hybridized carbons (Fsp3) is 0.500. The number of nitrogens with zero attached hydrogens (tertiary/aromatic N) is 1. The van der Waals surface area contributed by atoms with E-state index in [2.05, 4.69) is 0 Å². The van der Waals surface area contributed by atoms with Crippen LogP contribution >= 0.6 is 0 Å². The van der Waals surface area contributed by atoms with Crippen LogP contribution in [0, 0.1) is 11.8 Å². The predicted octanol–water partition coefficient (Wildman–Crippen LogP) is 1.51. The lowest BCUT2D eigenvalue weighted by molar-refractivity contribution is -0.187. The molecule has 0 spiro atoms. The molecule has 0 aromatic heterocycles. The van der Waals surface area contributed by atoms with Gasteiger partial charge in [0.2, 0.25) is 10.0 Å². The van der Waals surface area contributed by atoms with Crippen molar-refractivity contribution >= 4 is 16.0 Å². The van der Waals surface area contributed by atoms with E-state index in [1.165, 1.54) is 12.1 Å². The molecule has 1 fully saturated rings. The molecule has 0 unspecified atom stereocenters. The fourth-order valence-corrected chi connectivity index (χ4v) is 4.74. The molecule has 6 nitrogen and oxygen atoms in total. The molecule has 0 saturated carbocycles. The summed E-state index contributed by atoms with van der Waals surface area (Å²) in [5.41, 5.74) is 0.664. The van der Waals surface area contributed by atoms with E-state index >= 15 is 0 Å². The average molecular weight is 365 g/mol. The van der Waals surface area contributed by atoms with Gasteiger partial charge in [-0.2, -0.15) is 17.5 Å². The van der Waals surface area contributed by atoms with Crippen molar-refractivity contribution in [2.24, 2.45) is 11.8 Å². The first-order valence-corrected chi connectivity index (χ1v) is 8.60. The number of carboxylic acids is 1. The number of halogens is 3. The number of benzene rings is 1. The summed E-state index contributed by atoms with van der Waals surface area (Å²) >= 11 is 0. The third kappa shape index (κ3) is 2.73. The van der Waals surface area contributed by atoms with Crippen molar-refractivity contribution in [3.8, 4) is 5.75 Å². The van der Waals surface area contributed by atoms with Gasteiger partial charge in [0.15, 0.2) is 0 Å². The van der Waals surface area contributed by atoms with Gasteiger partial charge in [-0.15, -0.1) is 0 Å². The number of hydrogen-bond acceptors (Lipinski definition) is 4. The van der Waals surface area contributed by atoms with Gasteiger partial charge in [-0.3, -0.25) is 4.79 Å². The van der Waals surface area contributed by atoms with Gasteiger partial charge < -0.3 is 9.84 Å². The highest BCUT2D eigenvalue weighted by atomic mass is 32.2. The number of sulfonamides is 1. The summed E-state index contributed by atoms with van der Waals surface area (Å²) in [6.45, 7) is -1.33. The highest BCUT2D eigenvalue weighted by Crippen LogP contribution is 2.41. The molecule has 10 heteroatoms. The zero-order chi connectivity index (χ0) is 17.7. The quantitative estimate of drug-likeness (QED) is 0.878. The maximum Gasteiger partial charge on any atom is 0.393 e. The predicted molar refractivity (Wildman–Crippen MR) is 75.1 cm³/mol.